The fourth-order valence-corrected chi connectivity index (χ4v) is 1.05. The van der Waals surface area contributed by atoms with Gasteiger partial charge in [0.25, 0.3) is 0 Å². The Morgan fingerprint density at radius 3 is 2.13 bits per heavy atom. The Labute approximate surface area is 85.1 Å². The van der Waals surface area contributed by atoms with E-state index in [1.165, 1.54) is 0 Å². The first kappa shape index (κ1) is 12.2. The first-order valence-electron chi connectivity index (χ1n) is 3.55. The summed E-state index contributed by atoms with van der Waals surface area (Å²) in [6.45, 7) is -5.51. The monoisotopic (exact) mass is 248 g/mol. The number of rotatable bonds is 1. The van der Waals surface area contributed by atoms with Gasteiger partial charge in [-0.05, 0) is 0 Å². The van der Waals surface area contributed by atoms with Crippen LogP contribution in [0.4, 0.5) is 26.1 Å². The molecule has 0 amide bonds. The molecule has 1 aromatic heterocycles. The second kappa shape index (κ2) is 3.59. The van der Waals surface area contributed by atoms with Gasteiger partial charge in [0.05, 0.1) is 5.56 Å². The summed E-state index contributed by atoms with van der Waals surface area (Å²) in [7, 11) is 0. The summed E-state index contributed by atoms with van der Waals surface area (Å²) in [5.41, 5.74) is -3.01. The fourth-order valence-electron chi connectivity index (χ4n) is 0.842. The van der Waals surface area contributed by atoms with Gasteiger partial charge in [0.1, 0.15) is 5.15 Å². The number of aromatic nitrogens is 1. The van der Waals surface area contributed by atoms with Gasteiger partial charge in [-0.3, -0.25) is 0 Å². The SMILES string of the molecule is F[B-](F)(F)c1cnc(Cl)c(C(F)(F)F)c1. The summed E-state index contributed by atoms with van der Waals surface area (Å²) in [4.78, 5) is 2.85. The standard InChI is InChI=1S/C6H2BClF6N/c8-5-4(6(9,10)11)1-3(2-15-5)7(12,13)14/h1-2H/q-1. The third-order valence-corrected chi connectivity index (χ3v) is 1.84. The minimum absolute atomic E-state index is 0.0463. The zero-order chi connectivity index (χ0) is 11.9. The second-order valence-corrected chi connectivity index (χ2v) is 3.04. The molecule has 0 N–H and O–H groups in total. The van der Waals surface area contributed by atoms with Crippen molar-refractivity contribution in [1.82, 2.24) is 4.98 Å². The van der Waals surface area contributed by atoms with E-state index < -0.39 is 29.3 Å². The highest BCUT2D eigenvalue weighted by Gasteiger charge is 2.36. The number of nitrogens with zero attached hydrogens (tertiary/aromatic N) is 1. The molecule has 1 rings (SSSR count). The summed E-state index contributed by atoms with van der Waals surface area (Å²) in [6, 6.07) is -0.0463. The molecule has 0 aliphatic heterocycles. The van der Waals surface area contributed by atoms with Gasteiger partial charge in [-0.2, -0.15) is 13.2 Å². The molecule has 0 radical (unpaired) electrons. The van der Waals surface area contributed by atoms with Crippen LogP contribution < -0.4 is 5.46 Å². The zero-order valence-corrected chi connectivity index (χ0v) is 7.58. The van der Waals surface area contributed by atoms with Crippen LogP contribution in [0, 0.1) is 0 Å². The number of alkyl halides is 3. The highest BCUT2D eigenvalue weighted by molar-refractivity contribution is 6.73. The number of hydrogen-bond donors (Lipinski definition) is 0. The predicted octanol–water partition coefficient (Wildman–Crippen LogP) is 2.81. The van der Waals surface area contributed by atoms with Crippen LogP contribution in [0.2, 0.25) is 5.15 Å². The van der Waals surface area contributed by atoms with E-state index in [4.69, 9.17) is 11.6 Å². The van der Waals surface area contributed by atoms with Crippen molar-refractivity contribution in [3.05, 3.63) is 23.0 Å². The molecule has 0 bridgehead atoms. The molecular weight excluding hydrogens is 246 g/mol. The van der Waals surface area contributed by atoms with Gasteiger partial charge in [-0.25, -0.2) is 4.98 Å². The van der Waals surface area contributed by atoms with E-state index in [0.29, 0.717) is 0 Å². The Balaban J connectivity index is 3.30. The van der Waals surface area contributed by atoms with Crippen molar-refractivity contribution in [2.75, 3.05) is 0 Å². The minimum atomic E-state index is -5.51. The van der Waals surface area contributed by atoms with E-state index in [1.807, 2.05) is 0 Å². The van der Waals surface area contributed by atoms with E-state index in [1.54, 1.807) is 0 Å². The Kier molecular flexibility index (Phi) is 2.91. The van der Waals surface area contributed by atoms with Gasteiger partial charge >= 0.3 is 13.2 Å². The zero-order valence-electron chi connectivity index (χ0n) is 6.83. The smallest absolute Gasteiger partial charge is 0.445 e. The summed E-state index contributed by atoms with van der Waals surface area (Å²) in [5, 5.41) is -0.994. The van der Waals surface area contributed by atoms with Crippen molar-refractivity contribution >= 4 is 24.0 Å². The van der Waals surface area contributed by atoms with Gasteiger partial charge in [-0.1, -0.05) is 23.1 Å². The maximum atomic E-state index is 12.1. The fraction of sp³-hybridized carbons (Fsp3) is 0.167. The topological polar surface area (TPSA) is 12.9 Å². The molecular formula is C6H2BClF6N-. The van der Waals surface area contributed by atoms with Gasteiger partial charge in [-0.15, -0.1) is 0 Å². The van der Waals surface area contributed by atoms with E-state index in [9.17, 15) is 26.1 Å². The Bertz CT molecular complexity index is 373. The van der Waals surface area contributed by atoms with Crippen molar-refractivity contribution in [1.29, 1.82) is 0 Å². The molecule has 1 heterocycles. The highest BCUT2D eigenvalue weighted by atomic mass is 35.5. The largest absolute Gasteiger partial charge is 0.511 e. The summed E-state index contributed by atoms with van der Waals surface area (Å²) >= 11 is 5.04. The van der Waals surface area contributed by atoms with Crippen molar-refractivity contribution in [3.63, 3.8) is 0 Å². The van der Waals surface area contributed by atoms with Crippen LogP contribution >= 0.6 is 11.6 Å². The molecule has 0 unspecified atom stereocenters. The number of pyridine rings is 1. The Morgan fingerprint density at radius 1 is 1.20 bits per heavy atom. The molecule has 0 fully saturated rings. The lowest BCUT2D eigenvalue weighted by Gasteiger charge is -2.16. The van der Waals surface area contributed by atoms with Gasteiger partial charge in [0, 0.05) is 6.20 Å². The molecule has 1 aromatic rings. The van der Waals surface area contributed by atoms with Gasteiger partial charge in [0.15, 0.2) is 0 Å². The summed E-state index contributed by atoms with van der Waals surface area (Å²) in [6.07, 6.45) is -4.67. The van der Waals surface area contributed by atoms with Crippen LogP contribution in [-0.2, 0) is 6.18 Å². The van der Waals surface area contributed by atoms with E-state index in [-0.39, 0.29) is 12.3 Å². The number of hydrogen-bond acceptors (Lipinski definition) is 1. The van der Waals surface area contributed by atoms with E-state index >= 15 is 0 Å². The van der Waals surface area contributed by atoms with Crippen molar-refractivity contribution in [3.8, 4) is 0 Å². The minimum Gasteiger partial charge on any atom is -0.445 e. The van der Waals surface area contributed by atoms with Crippen molar-refractivity contribution in [2.45, 2.75) is 6.18 Å². The van der Waals surface area contributed by atoms with Crippen LogP contribution in [0.15, 0.2) is 12.3 Å². The molecule has 15 heavy (non-hydrogen) atoms. The van der Waals surface area contributed by atoms with Gasteiger partial charge < -0.3 is 12.9 Å². The van der Waals surface area contributed by atoms with Crippen LogP contribution in [-0.4, -0.2) is 12.0 Å². The summed E-state index contributed by atoms with van der Waals surface area (Å²) < 4.78 is 72.7. The molecule has 0 spiro atoms. The van der Waals surface area contributed by atoms with Crippen LogP contribution in [0.5, 0.6) is 0 Å². The average molecular weight is 248 g/mol. The lowest BCUT2D eigenvalue weighted by Crippen LogP contribution is -2.35. The quantitative estimate of drug-likeness (QED) is 0.423. The lowest BCUT2D eigenvalue weighted by atomic mass is 9.81. The molecule has 84 valence electrons. The summed E-state index contributed by atoms with van der Waals surface area (Å²) in [5.74, 6) is 0. The third-order valence-electron chi connectivity index (χ3n) is 1.54. The molecule has 1 nitrogen and oxygen atoms in total. The Hall–Kier alpha value is -0.915. The molecule has 9 heteroatoms. The lowest BCUT2D eigenvalue weighted by molar-refractivity contribution is -0.137. The Morgan fingerprint density at radius 2 is 1.73 bits per heavy atom. The first-order valence-corrected chi connectivity index (χ1v) is 3.93. The average Bonchev–Trinajstić information content (AvgIpc) is 2.00. The van der Waals surface area contributed by atoms with E-state index in [0.717, 1.165) is 0 Å². The first-order chi connectivity index (χ1) is 6.62. The maximum absolute atomic E-state index is 12.1. The van der Waals surface area contributed by atoms with Crippen molar-refractivity contribution < 1.29 is 26.1 Å². The van der Waals surface area contributed by atoms with Crippen LogP contribution in [0.1, 0.15) is 5.56 Å². The highest BCUT2D eigenvalue weighted by Crippen LogP contribution is 2.33. The predicted molar refractivity (Wildman–Crippen MR) is 43.0 cm³/mol. The van der Waals surface area contributed by atoms with E-state index in [2.05, 4.69) is 4.98 Å². The molecule has 0 aliphatic rings. The van der Waals surface area contributed by atoms with Crippen LogP contribution in [0.3, 0.4) is 0 Å². The third kappa shape index (κ3) is 2.77. The molecule has 0 atom stereocenters. The maximum Gasteiger partial charge on any atom is 0.511 e. The number of halogens is 7. The normalized spacial score (nSPS) is 13.0. The molecule has 0 aromatic carbocycles. The van der Waals surface area contributed by atoms with Gasteiger partial charge in [0.2, 0.25) is 0 Å². The van der Waals surface area contributed by atoms with Crippen molar-refractivity contribution in [2.24, 2.45) is 0 Å². The van der Waals surface area contributed by atoms with Crippen LogP contribution in [0.25, 0.3) is 0 Å². The second-order valence-electron chi connectivity index (χ2n) is 2.68. The molecule has 0 saturated carbocycles. The molecule has 0 aliphatic carbocycles. The molecule has 0 saturated heterocycles.